The molecule has 1 aromatic carbocycles. The molecule has 0 bridgehead atoms. The number of nitrogens with zero attached hydrogens (tertiary/aromatic N) is 2. The Kier molecular flexibility index (Phi) is 3.14. The summed E-state index contributed by atoms with van der Waals surface area (Å²) in [6.45, 7) is 10.2. The number of carbonyl (C=O) groups is 1. The number of aromatic nitrogens is 1. The SMILES string of the molecule is C=CC1CN(OC(C)(C)C)C(=O)c2cc3ccccc3n21. The first-order valence-corrected chi connectivity index (χ1v) is 7.14. The van der Waals surface area contributed by atoms with Gasteiger partial charge in [-0.15, -0.1) is 6.58 Å². The van der Waals surface area contributed by atoms with Gasteiger partial charge >= 0.3 is 0 Å². The quantitative estimate of drug-likeness (QED) is 0.790. The predicted octanol–water partition coefficient (Wildman–Crippen LogP) is 3.55. The number of fused-ring (bicyclic) bond motifs is 3. The molecule has 110 valence electrons. The van der Waals surface area contributed by atoms with Crippen LogP contribution in [0.4, 0.5) is 0 Å². The van der Waals surface area contributed by atoms with Crippen LogP contribution in [0.1, 0.15) is 37.3 Å². The maximum absolute atomic E-state index is 12.7. The fourth-order valence-corrected chi connectivity index (χ4v) is 2.75. The van der Waals surface area contributed by atoms with Crippen molar-refractivity contribution in [2.24, 2.45) is 0 Å². The molecule has 0 N–H and O–H groups in total. The second-order valence-electron chi connectivity index (χ2n) is 6.33. The van der Waals surface area contributed by atoms with Gasteiger partial charge in [-0.2, -0.15) is 0 Å². The van der Waals surface area contributed by atoms with Crippen molar-refractivity contribution < 1.29 is 9.63 Å². The molecule has 4 heteroatoms. The van der Waals surface area contributed by atoms with E-state index in [0.717, 1.165) is 10.9 Å². The summed E-state index contributed by atoms with van der Waals surface area (Å²) in [4.78, 5) is 18.5. The van der Waals surface area contributed by atoms with Crippen molar-refractivity contribution in [3.05, 3.63) is 48.7 Å². The summed E-state index contributed by atoms with van der Waals surface area (Å²) in [5.74, 6) is -0.0979. The van der Waals surface area contributed by atoms with Crippen LogP contribution in [-0.4, -0.2) is 27.7 Å². The van der Waals surface area contributed by atoms with Gasteiger partial charge < -0.3 is 4.57 Å². The van der Waals surface area contributed by atoms with Gasteiger partial charge in [0, 0.05) is 10.9 Å². The average Bonchev–Trinajstić information content (AvgIpc) is 2.80. The standard InChI is InChI=1S/C17H20N2O2/c1-5-13-11-18(21-17(2,3)4)16(20)15-10-12-8-6-7-9-14(12)19(13)15/h5-10,13H,1,11H2,2-4H3. The lowest BCUT2D eigenvalue weighted by Gasteiger charge is -2.36. The van der Waals surface area contributed by atoms with E-state index in [1.54, 1.807) is 0 Å². The van der Waals surface area contributed by atoms with Crippen LogP contribution in [-0.2, 0) is 4.84 Å². The molecule has 0 saturated carbocycles. The van der Waals surface area contributed by atoms with E-state index >= 15 is 0 Å². The molecule has 1 amide bonds. The van der Waals surface area contributed by atoms with Crippen LogP contribution in [0, 0.1) is 0 Å². The van der Waals surface area contributed by atoms with Gasteiger partial charge in [0.25, 0.3) is 5.91 Å². The van der Waals surface area contributed by atoms with Crippen LogP contribution in [0.2, 0.25) is 0 Å². The number of carbonyl (C=O) groups excluding carboxylic acids is 1. The van der Waals surface area contributed by atoms with E-state index < -0.39 is 5.60 Å². The summed E-state index contributed by atoms with van der Waals surface area (Å²) in [6, 6.07) is 9.95. The van der Waals surface area contributed by atoms with Crippen LogP contribution in [0.25, 0.3) is 10.9 Å². The van der Waals surface area contributed by atoms with E-state index in [9.17, 15) is 4.79 Å². The van der Waals surface area contributed by atoms with Crippen LogP contribution in [0.15, 0.2) is 43.0 Å². The first kappa shape index (κ1) is 13.9. The van der Waals surface area contributed by atoms with Crippen molar-refractivity contribution in [3.8, 4) is 0 Å². The smallest absolute Gasteiger partial charge is 0.294 e. The summed E-state index contributed by atoms with van der Waals surface area (Å²) >= 11 is 0. The lowest BCUT2D eigenvalue weighted by Crippen LogP contribution is -2.45. The highest BCUT2D eigenvalue weighted by Crippen LogP contribution is 2.31. The summed E-state index contributed by atoms with van der Waals surface area (Å²) in [6.07, 6.45) is 1.86. The summed E-state index contributed by atoms with van der Waals surface area (Å²) in [7, 11) is 0. The van der Waals surface area contributed by atoms with Gasteiger partial charge in [-0.05, 0) is 32.9 Å². The van der Waals surface area contributed by atoms with Gasteiger partial charge in [-0.3, -0.25) is 9.63 Å². The first-order valence-electron chi connectivity index (χ1n) is 7.14. The van der Waals surface area contributed by atoms with Gasteiger partial charge in [-0.1, -0.05) is 24.3 Å². The van der Waals surface area contributed by atoms with Crippen molar-refractivity contribution in [1.82, 2.24) is 9.63 Å². The molecular formula is C17H20N2O2. The van der Waals surface area contributed by atoms with Gasteiger partial charge in [0.05, 0.1) is 18.2 Å². The summed E-state index contributed by atoms with van der Waals surface area (Å²) in [5.41, 5.74) is 1.30. The Balaban J connectivity index is 2.11. The van der Waals surface area contributed by atoms with E-state index in [2.05, 4.69) is 6.58 Å². The van der Waals surface area contributed by atoms with E-state index in [4.69, 9.17) is 4.84 Å². The third kappa shape index (κ3) is 2.36. The molecule has 0 fully saturated rings. The number of amides is 1. The second kappa shape index (κ2) is 4.74. The monoisotopic (exact) mass is 284 g/mol. The number of rotatable bonds is 2. The average molecular weight is 284 g/mol. The van der Waals surface area contributed by atoms with Crippen molar-refractivity contribution in [2.45, 2.75) is 32.4 Å². The fourth-order valence-electron chi connectivity index (χ4n) is 2.75. The lowest BCUT2D eigenvalue weighted by molar-refractivity contribution is -0.201. The molecule has 0 radical (unpaired) electrons. The Hall–Kier alpha value is -2.07. The van der Waals surface area contributed by atoms with Crippen LogP contribution in [0.3, 0.4) is 0 Å². The predicted molar refractivity (Wildman–Crippen MR) is 83.0 cm³/mol. The first-order chi connectivity index (χ1) is 9.90. The maximum Gasteiger partial charge on any atom is 0.294 e. The molecule has 1 unspecified atom stereocenters. The Bertz CT molecular complexity index is 709. The Morgan fingerprint density at radius 1 is 1.33 bits per heavy atom. The molecule has 4 nitrogen and oxygen atoms in total. The van der Waals surface area contributed by atoms with Crippen LogP contribution in [0.5, 0.6) is 0 Å². The Morgan fingerprint density at radius 3 is 2.71 bits per heavy atom. The molecule has 21 heavy (non-hydrogen) atoms. The van der Waals surface area contributed by atoms with Crippen molar-refractivity contribution in [3.63, 3.8) is 0 Å². The molecule has 1 aliphatic rings. The number of para-hydroxylation sites is 1. The molecule has 1 atom stereocenters. The molecule has 3 rings (SSSR count). The lowest BCUT2D eigenvalue weighted by atomic mass is 10.2. The Morgan fingerprint density at radius 2 is 2.05 bits per heavy atom. The maximum atomic E-state index is 12.7. The van der Waals surface area contributed by atoms with E-state index in [0.29, 0.717) is 12.2 Å². The zero-order valence-corrected chi connectivity index (χ0v) is 12.7. The largest absolute Gasteiger partial charge is 0.328 e. The summed E-state index contributed by atoms with van der Waals surface area (Å²) < 4.78 is 2.05. The second-order valence-corrected chi connectivity index (χ2v) is 6.33. The zero-order chi connectivity index (χ0) is 15.2. The Labute approximate surface area is 124 Å². The molecule has 0 aliphatic carbocycles. The van der Waals surface area contributed by atoms with E-state index in [1.807, 2.05) is 61.7 Å². The van der Waals surface area contributed by atoms with Crippen LogP contribution < -0.4 is 0 Å². The third-order valence-corrected chi connectivity index (χ3v) is 3.53. The molecular weight excluding hydrogens is 264 g/mol. The molecule has 2 heterocycles. The van der Waals surface area contributed by atoms with Gasteiger partial charge in [0.2, 0.25) is 0 Å². The van der Waals surface area contributed by atoms with Crippen molar-refractivity contribution in [1.29, 1.82) is 0 Å². The zero-order valence-electron chi connectivity index (χ0n) is 12.7. The molecule has 2 aromatic rings. The van der Waals surface area contributed by atoms with E-state index in [-0.39, 0.29) is 11.9 Å². The third-order valence-electron chi connectivity index (χ3n) is 3.53. The molecule has 0 saturated heterocycles. The van der Waals surface area contributed by atoms with Crippen molar-refractivity contribution >= 4 is 16.8 Å². The highest BCUT2D eigenvalue weighted by Gasteiger charge is 2.34. The molecule has 1 aliphatic heterocycles. The number of benzene rings is 1. The number of hydroxylamine groups is 2. The minimum Gasteiger partial charge on any atom is -0.328 e. The molecule has 1 aromatic heterocycles. The topological polar surface area (TPSA) is 34.5 Å². The van der Waals surface area contributed by atoms with Gasteiger partial charge in [0.15, 0.2) is 0 Å². The molecule has 0 spiro atoms. The van der Waals surface area contributed by atoms with Crippen LogP contribution >= 0.6 is 0 Å². The number of hydrogen-bond acceptors (Lipinski definition) is 2. The minimum absolute atomic E-state index is 0.0138. The van der Waals surface area contributed by atoms with Gasteiger partial charge in [0.1, 0.15) is 5.69 Å². The minimum atomic E-state index is -0.407. The highest BCUT2D eigenvalue weighted by atomic mass is 16.7. The van der Waals surface area contributed by atoms with E-state index in [1.165, 1.54) is 5.06 Å². The normalized spacial score (nSPS) is 18.9. The summed E-state index contributed by atoms with van der Waals surface area (Å²) in [5, 5.41) is 2.52. The van der Waals surface area contributed by atoms with Gasteiger partial charge in [-0.25, -0.2) is 5.06 Å². The highest BCUT2D eigenvalue weighted by molar-refractivity contribution is 5.99. The van der Waals surface area contributed by atoms with Crippen molar-refractivity contribution in [2.75, 3.05) is 6.54 Å². The number of hydrogen-bond donors (Lipinski definition) is 0. The fraction of sp³-hybridized carbons (Fsp3) is 0.353.